The Bertz CT molecular complexity index is 1760. The molecule has 0 unspecified atom stereocenters. The third-order valence-corrected chi connectivity index (χ3v) is 10.8. The topological polar surface area (TPSA) is 70.7 Å². The molecule has 4 aliphatic rings. The van der Waals surface area contributed by atoms with Crippen LogP contribution in [0.25, 0.3) is 15.8 Å². The Morgan fingerprint density at radius 3 is 2.46 bits per heavy atom. The molecule has 0 amide bonds. The molecule has 6 nitrogen and oxygen atoms in total. The van der Waals surface area contributed by atoms with Crippen molar-refractivity contribution in [2.24, 2.45) is 0 Å². The van der Waals surface area contributed by atoms with Crippen LogP contribution in [0.4, 0.5) is 5.69 Å². The molecule has 8 heteroatoms. The summed E-state index contributed by atoms with van der Waals surface area (Å²) in [6.07, 6.45) is 2.99. The van der Waals surface area contributed by atoms with Crippen LogP contribution in [0, 0.1) is 20.8 Å². The molecule has 0 saturated heterocycles. The van der Waals surface area contributed by atoms with Crippen molar-refractivity contribution in [3.8, 4) is 5.75 Å². The zero-order valence-corrected chi connectivity index (χ0v) is 24.1. The molecule has 1 aliphatic carbocycles. The third kappa shape index (κ3) is 3.50. The van der Waals surface area contributed by atoms with E-state index in [1.165, 1.54) is 11.1 Å². The number of hydrogen-bond donors (Lipinski definition) is 1. The number of ether oxygens (including phenoxy) is 1. The van der Waals surface area contributed by atoms with Crippen LogP contribution in [0.1, 0.15) is 47.4 Å². The number of anilines is 1. The van der Waals surface area contributed by atoms with Gasteiger partial charge in [-0.1, -0.05) is 23.1 Å². The van der Waals surface area contributed by atoms with Gasteiger partial charge in [0.05, 0.1) is 40.6 Å². The molecule has 1 aromatic heterocycles. The summed E-state index contributed by atoms with van der Waals surface area (Å²) in [5.41, 5.74) is 7.66. The molecule has 0 bridgehead atoms. The number of thiazole rings is 1. The number of aliphatic hydroxyl groups is 1. The first-order valence-electron chi connectivity index (χ1n) is 13.4. The van der Waals surface area contributed by atoms with Gasteiger partial charge < -0.3 is 14.7 Å². The van der Waals surface area contributed by atoms with Crippen molar-refractivity contribution in [1.29, 1.82) is 0 Å². The fourth-order valence-electron chi connectivity index (χ4n) is 6.29. The van der Waals surface area contributed by atoms with Crippen LogP contribution in [-0.4, -0.2) is 30.3 Å². The number of ketones is 2. The van der Waals surface area contributed by atoms with Crippen LogP contribution >= 0.6 is 23.1 Å². The van der Waals surface area contributed by atoms with Gasteiger partial charge in [0.15, 0.2) is 6.54 Å². The number of allylic oxidation sites excluding steroid dienone is 4. The van der Waals surface area contributed by atoms with E-state index >= 15 is 0 Å². The summed E-state index contributed by atoms with van der Waals surface area (Å²) < 4.78 is 8.87. The first kappa shape index (κ1) is 24.7. The van der Waals surface area contributed by atoms with Gasteiger partial charge in [0.1, 0.15) is 16.2 Å². The number of fused-ring (bicyclic) bond motifs is 6. The summed E-state index contributed by atoms with van der Waals surface area (Å²) >= 11 is 3.25. The van der Waals surface area contributed by atoms with E-state index in [2.05, 4.69) is 41.5 Å². The fraction of sp³-hybridized carbons (Fsp3) is 0.323. The number of carbonyl (C=O) groups excluding carboxylic acids is 2. The number of Topliss-reactive ketones (excluding diaryl/α,β-unsaturated/α-hetero) is 2. The number of aromatic nitrogens is 1. The lowest BCUT2D eigenvalue weighted by atomic mass is 9.96. The normalized spacial score (nSPS) is 20.8. The number of rotatable bonds is 2. The zero-order valence-electron chi connectivity index (χ0n) is 22.4. The standard InChI is InChI=1S/C31H28N2O4S2/c1-15-11-20-23(12-16(15)2)38-30-18(7-5-9-32(20)30)25-27(34)26(29(36)28(25)35)19-8-6-10-33-21-14-22(37-4)17(3)13-24(21)39-31(19)33/h11-14H,5-10H2,1-4H3/p+1. The summed E-state index contributed by atoms with van der Waals surface area (Å²) in [4.78, 5) is 30.6. The average Bonchev–Trinajstić information content (AvgIpc) is 3.53. The average molecular weight is 558 g/mol. The highest BCUT2D eigenvalue weighted by Gasteiger charge is 2.45. The van der Waals surface area contributed by atoms with Gasteiger partial charge in [-0.15, -0.1) is 0 Å². The van der Waals surface area contributed by atoms with Gasteiger partial charge in [-0.2, -0.15) is 4.57 Å². The van der Waals surface area contributed by atoms with E-state index in [9.17, 15) is 14.7 Å². The van der Waals surface area contributed by atoms with E-state index in [1.54, 1.807) is 30.2 Å². The number of nitrogens with zero attached hydrogens (tertiary/aromatic N) is 2. The molecule has 3 aliphatic heterocycles. The minimum atomic E-state index is -0.588. The SMILES string of the molecule is COc1cc2c(cc1C)sc1[n+]2CCC/C1=C1\C(=O)C(=O)C(C2=C3Sc4cc(C)c(C)cc4N3CCC2)=C1O. The molecular weight excluding hydrogens is 528 g/mol. The summed E-state index contributed by atoms with van der Waals surface area (Å²) in [5, 5.41) is 13.5. The highest BCUT2D eigenvalue weighted by Crippen LogP contribution is 2.53. The molecule has 2 aromatic carbocycles. The Labute approximate surface area is 235 Å². The van der Waals surface area contributed by atoms with Crippen molar-refractivity contribution in [2.75, 3.05) is 18.6 Å². The molecule has 4 heterocycles. The van der Waals surface area contributed by atoms with E-state index in [-0.39, 0.29) is 16.9 Å². The third-order valence-electron chi connectivity index (χ3n) is 8.41. The number of hydrogen-bond acceptors (Lipinski definition) is 7. The lowest BCUT2D eigenvalue weighted by molar-refractivity contribution is -0.672. The van der Waals surface area contributed by atoms with Crippen molar-refractivity contribution in [3.05, 3.63) is 73.5 Å². The van der Waals surface area contributed by atoms with Crippen LogP contribution in [0.3, 0.4) is 0 Å². The Hall–Kier alpha value is -3.36. The highest BCUT2D eigenvalue weighted by atomic mass is 32.2. The van der Waals surface area contributed by atoms with Gasteiger partial charge in [-0.25, -0.2) is 0 Å². The Kier molecular flexibility index (Phi) is 5.58. The molecule has 7 rings (SSSR count). The van der Waals surface area contributed by atoms with Gasteiger partial charge in [-0.3, -0.25) is 9.59 Å². The van der Waals surface area contributed by atoms with E-state index in [4.69, 9.17) is 4.74 Å². The van der Waals surface area contributed by atoms with Crippen molar-refractivity contribution >= 4 is 56.1 Å². The number of carbonyl (C=O) groups is 2. The second-order valence-corrected chi connectivity index (χ2v) is 12.8. The smallest absolute Gasteiger partial charge is 0.266 e. The number of aliphatic hydroxyl groups excluding tert-OH is 1. The molecule has 198 valence electrons. The molecule has 0 saturated carbocycles. The van der Waals surface area contributed by atoms with Crippen molar-refractivity contribution < 1.29 is 24.0 Å². The number of aryl methyl sites for hydroxylation is 4. The Balaban J connectivity index is 1.40. The molecule has 0 fully saturated rings. The summed E-state index contributed by atoms with van der Waals surface area (Å²) in [6.45, 7) is 7.91. The first-order valence-corrected chi connectivity index (χ1v) is 15.0. The quantitative estimate of drug-likeness (QED) is 0.228. The van der Waals surface area contributed by atoms with E-state index in [0.717, 1.165) is 79.2 Å². The Morgan fingerprint density at radius 2 is 1.67 bits per heavy atom. The second-order valence-electron chi connectivity index (χ2n) is 10.7. The van der Waals surface area contributed by atoms with Crippen LogP contribution in [0.2, 0.25) is 0 Å². The first-order chi connectivity index (χ1) is 18.8. The molecule has 1 N–H and O–H groups in total. The molecule has 39 heavy (non-hydrogen) atoms. The van der Waals surface area contributed by atoms with Crippen LogP contribution in [-0.2, 0) is 16.1 Å². The maximum atomic E-state index is 13.6. The monoisotopic (exact) mass is 557 g/mol. The largest absolute Gasteiger partial charge is 0.506 e. The molecule has 0 spiro atoms. The van der Waals surface area contributed by atoms with E-state index < -0.39 is 11.6 Å². The van der Waals surface area contributed by atoms with Gasteiger partial charge in [0.25, 0.3) is 5.01 Å². The lowest BCUT2D eigenvalue weighted by Gasteiger charge is -2.28. The second kappa shape index (κ2) is 8.83. The predicted octanol–water partition coefficient (Wildman–Crippen LogP) is 6.25. The maximum Gasteiger partial charge on any atom is 0.266 e. The summed E-state index contributed by atoms with van der Waals surface area (Å²) in [7, 11) is 1.67. The maximum absolute atomic E-state index is 13.6. The fourth-order valence-corrected chi connectivity index (χ4v) is 8.98. The van der Waals surface area contributed by atoms with Crippen molar-refractivity contribution in [3.63, 3.8) is 0 Å². The predicted molar refractivity (Wildman–Crippen MR) is 155 cm³/mol. The van der Waals surface area contributed by atoms with Crippen molar-refractivity contribution in [1.82, 2.24) is 0 Å². The molecule has 0 atom stereocenters. The van der Waals surface area contributed by atoms with Crippen LogP contribution in [0.15, 0.2) is 56.7 Å². The van der Waals surface area contributed by atoms with Gasteiger partial charge >= 0.3 is 0 Å². The van der Waals surface area contributed by atoms with Crippen LogP contribution in [0.5, 0.6) is 5.75 Å². The summed E-state index contributed by atoms with van der Waals surface area (Å²) in [5.74, 6) is -0.496. The molecule has 3 aromatic rings. The van der Waals surface area contributed by atoms with Gasteiger partial charge in [0, 0.05) is 17.9 Å². The molecule has 0 radical (unpaired) electrons. The minimum absolute atomic E-state index is 0.145. The van der Waals surface area contributed by atoms with Gasteiger partial charge in [-0.05, 0) is 80.5 Å². The van der Waals surface area contributed by atoms with Gasteiger partial charge in [0.2, 0.25) is 17.1 Å². The Morgan fingerprint density at radius 1 is 0.923 bits per heavy atom. The van der Waals surface area contributed by atoms with E-state index in [1.807, 2.05) is 13.0 Å². The number of benzene rings is 2. The minimum Gasteiger partial charge on any atom is -0.506 e. The van der Waals surface area contributed by atoms with Crippen molar-refractivity contribution in [2.45, 2.75) is 57.9 Å². The number of thioether (sulfide) groups is 1. The lowest BCUT2D eigenvalue weighted by Crippen LogP contribution is -2.39. The molecular formula is C31H29N2O4S2+. The highest BCUT2D eigenvalue weighted by molar-refractivity contribution is 8.03. The van der Waals surface area contributed by atoms with Crippen LogP contribution < -0.4 is 14.2 Å². The zero-order chi connectivity index (χ0) is 27.2. The van der Waals surface area contributed by atoms with E-state index in [0.29, 0.717) is 12.8 Å². The summed E-state index contributed by atoms with van der Waals surface area (Å²) in [6, 6.07) is 8.55. The number of methoxy groups -OCH3 is 1.